The molecule has 0 radical (unpaired) electrons. The molecule has 4 aromatic rings. The van der Waals surface area contributed by atoms with Crippen molar-refractivity contribution in [2.75, 3.05) is 6.61 Å². The number of aromatic nitrogens is 5. The third kappa shape index (κ3) is 3.18. The summed E-state index contributed by atoms with van der Waals surface area (Å²) in [5, 5.41) is 0. The summed E-state index contributed by atoms with van der Waals surface area (Å²) in [5.74, 6) is 0.111. The molecule has 0 amide bonds. The fraction of sp³-hybridized carbons (Fsp3) is 0.273. The average molecular weight is 421 g/mol. The van der Waals surface area contributed by atoms with E-state index in [1.807, 2.05) is 11.5 Å². The normalized spacial score (nSPS) is 11.4. The number of fused-ring (bicyclic) bond motifs is 3. The first-order chi connectivity index (χ1) is 14.7. The van der Waals surface area contributed by atoms with Gasteiger partial charge in [0.15, 0.2) is 11.2 Å². The standard InChI is InChI=1S/C22H23N5O4/c1-6-31-20(29)15-7-9-16(10-8-15)27-14(4)12-25-17-18(23-21(25)27)24(5)22(30)26(19(17)28)11-13(2)3/h7-10,12H,2,6,11H2,1,3-5H3. The fourth-order valence-electron chi connectivity index (χ4n) is 3.70. The zero-order chi connectivity index (χ0) is 22.4. The summed E-state index contributed by atoms with van der Waals surface area (Å²) in [6, 6.07) is 6.94. The van der Waals surface area contributed by atoms with Gasteiger partial charge in [0.05, 0.1) is 18.7 Å². The van der Waals surface area contributed by atoms with E-state index in [0.717, 1.165) is 11.4 Å². The summed E-state index contributed by atoms with van der Waals surface area (Å²) in [6.45, 7) is 9.68. The number of aryl methyl sites for hydroxylation is 2. The van der Waals surface area contributed by atoms with E-state index in [4.69, 9.17) is 4.74 Å². The smallest absolute Gasteiger partial charge is 0.338 e. The molecule has 0 aliphatic heterocycles. The van der Waals surface area contributed by atoms with E-state index in [2.05, 4.69) is 11.6 Å². The molecule has 3 aromatic heterocycles. The number of carbonyl (C=O) groups is 1. The Morgan fingerprint density at radius 3 is 2.48 bits per heavy atom. The topological polar surface area (TPSA) is 92.5 Å². The third-order valence-electron chi connectivity index (χ3n) is 5.09. The van der Waals surface area contributed by atoms with Crippen LogP contribution in [0.5, 0.6) is 0 Å². The molecule has 31 heavy (non-hydrogen) atoms. The van der Waals surface area contributed by atoms with Crippen molar-refractivity contribution in [3.63, 3.8) is 0 Å². The number of ether oxygens (including phenoxy) is 1. The summed E-state index contributed by atoms with van der Waals surface area (Å²) < 4.78 is 11.1. The maximum Gasteiger partial charge on any atom is 0.338 e. The van der Waals surface area contributed by atoms with Gasteiger partial charge in [-0.15, -0.1) is 0 Å². The molecule has 9 nitrogen and oxygen atoms in total. The van der Waals surface area contributed by atoms with Gasteiger partial charge >= 0.3 is 11.7 Å². The third-order valence-corrected chi connectivity index (χ3v) is 5.09. The zero-order valence-corrected chi connectivity index (χ0v) is 17.9. The zero-order valence-electron chi connectivity index (χ0n) is 17.9. The fourth-order valence-corrected chi connectivity index (χ4v) is 3.70. The number of rotatable bonds is 5. The lowest BCUT2D eigenvalue weighted by Crippen LogP contribution is -2.39. The molecule has 0 saturated heterocycles. The Morgan fingerprint density at radius 1 is 1.19 bits per heavy atom. The first kappa shape index (κ1) is 20.4. The van der Waals surface area contributed by atoms with Crippen molar-refractivity contribution < 1.29 is 9.53 Å². The molecular weight excluding hydrogens is 398 g/mol. The van der Waals surface area contributed by atoms with Crippen LogP contribution in [-0.4, -0.2) is 35.7 Å². The van der Waals surface area contributed by atoms with Gasteiger partial charge in [-0.25, -0.2) is 9.59 Å². The van der Waals surface area contributed by atoms with Crippen LogP contribution in [0.1, 0.15) is 29.9 Å². The predicted octanol–water partition coefficient (Wildman–Crippen LogP) is 2.20. The number of nitrogens with zero attached hydrogens (tertiary/aromatic N) is 5. The minimum atomic E-state index is -0.441. The number of hydrogen-bond donors (Lipinski definition) is 0. The summed E-state index contributed by atoms with van der Waals surface area (Å²) >= 11 is 0. The minimum Gasteiger partial charge on any atom is -0.462 e. The van der Waals surface area contributed by atoms with E-state index in [1.165, 1.54) is 9.13 Å². The molecule has 0 aliphatic rings. The monoisotopic (exact) mass is 421 g/mol. The predicted molar refractivity (Wildman–Crippen MR) is 117 cm³/mol. The van der Waals surface area contributed by atoms with Crippen LogP contribution in [0.15, 0.2) is 52.2 Å². The van der Waals surface area contributed by atoms with Crippen LogP contribution < -0.4 is 11.2 Å². The number of allylic oxidation sites excluding steroid dienone is 1. The maximum absolute atomic E-state index is 13.1. The number of benzene rings is 1. The molecule has 0 bridgehead atoms. The van der Waals surface area contributed by atoms with Gasteiger partial charge in [0, 0.05) is 24.6 Å². The van der Waals surface area contributed by atoms with Gasteiger partial charge in [-0.2, -0.15) is 4.98 Å². The molecule has 9 heteroatoms. The quantitative estimate of drug-likeness (QED) is 0.364. The molecule has 0 fully saturated rings. The summed E-state index contributed by atoms with van der Waals surface area (Å²) in [4.78, 5) is 42.4. The van der Waals surface area contributed by atoms with Crippen molar-refractivity contribution in [3.05, 3.63) is 74.7 Å². The Labute approximate surface area is 177 Å². The van der Waals surface area contributed by atoms with Gasteiger partial charge in [0.2, 0.25) is 5.78 Å². The lowest BCUT2D eigenvalue weighted by atomic mass is 10.2. The second-order valence-electron chi connectivity index (χ2n) is 7.52. The second kappa shape index (κ2) is 7.42. The summed E-state index contributed by atoms with van der Waals surface area (Å²) in [6.07, 6.45) is 1.81. The van der Waals surface area contributed by atoms with Gasteiger partial charge in [-0.05, 0) is 45.0 Å². The Hall–Kier alpha value is -3.88. The average Bonchev–Trinajstić information content (AvgIpc) is 3.24. The van der Waals surface area contributed by atoms with Crippen molar-refractivity contribution in [3.8, 4) is 5.69 Å². The van der Waals surface area contributed by atoms with Crippen LogP contribution >= 0.6 is 0 Å². The molecule has 1 aromatic carbocycles. The van der Waals surface area contributed by atoms with Gasteiger partial charge in [0.25, 0.3) is 5.56 Å². The van der Waals surface area contributed by atoms with Crippen LogP contribution in [0.25, 0.3) is 22.6 Å². The van der Waals surface area contributed by atoms with Crippen LogP contribution in [0, 0.1) is 6.92 Å². The van der Waals surface area contributed by atoms with Crippen molar-refractivity contribution in [1.29, 1.82) is 0 Å². The Balaban J connectivity index is 1.95. The highest BCUT2D eigenvalue weighted by molar-refractivity contribution is 5.89. The molecule has 0 spiro atoms. The van der Waals surface area contributed by atoms with Crippen molar-refractivity contribution in [2.45, 2.75) is 27.3 Å². The van der Waals surface area contributed by atoms with E-state index in [0.29, 0.717) is 34.7 Å². The highest BCUT2D eigenvalue weighted by atomic mass is 16.5. The lowest BCUT2D eigenvalue weighted by Gasteiger charge is -2.08. The molecule has 0 saturated carbocycles. The van der Waals surface area contributed by atoms with Crippen LogP contribution in [-0.2, 0) is 18.3 Å². The summed E-state index contributed by atoms with van der Waals surface area (Å²) in [5.41, 5.74) is 2.53. The van der Waals surface area contributed by atoms with E-state index in [9.17, 15) is 14.4 Å². The Bertz CT molecular complexity index is 1460. The van der Waals surface area contributed by atoms with Gasteiger partial charge in [-0.3, -0.25) is 22.9 Å². The van der Waals surface area contributed by atoms with Gasteiger partial charge < -0.3 is 4.74 Å². The van der Waals surface area contributed by atoms with E-state index < -0.39 is 11.2 Å². The van der Waals surface area contributed by atoms with Crippen molar-refractivity contribution in [2.24, 2.45) is 7.05 Å². The largest absolute Gasteiger partial charge is 0.462 e. The number of imidazole rings is 2. The first-order valence-electron chi connectivity index (χ1n) is 9.86. The van der Waals surface area contributed by atoms with E-state index in [1.54, 1.807) is 55.8 Å². The highest BCUT2D eigenvalue weighted by Crippen LogP contribution is 2.21. The van der Waals surface area contributed by atoms with Crippen molar-refractivity contribution >= 4 is 22.9 Å². The molecule has 0 atom stereocenters. The second-order valence-corrected chi connectivity index (χ2v) is 7.52. The van der Waals surface area contributed by atoms with Crippen LogP contribution in [0.4, 0.5) is 0 Å². The molecule has 4 rings (SSSR count). The molecule has 160 valence electrons. The van der Waals surface area contributed by atoms with Gasteiger partial charge in [0.1, 0.15) is 0 Å². The first-order valence-corrected chi connectivity index (χ1v) is 9.86. The van der Waals surface area contributed by atoms with Crippen molar-refractivity contribution in [1.82, 2.24) is 23.1 Å². The van der Waals surface area contributed by atoms with Gasteiger partial charge in [-0.1, -0.05) is 12.2 Å². The molecular formula is C22H23N5O4. The highest BCUT2D eigenvalue weighted by Gasteiger charge is 2.21. The van der Waals surface area contributed by atoms with Crippen LogP contribution in [0.3, 0.4) is 0 Å². The summed E-state index contributed by atoms with van der Waals surface area (Å²) in [7, 11) is 1.59. The Kier molecular flexibility index (Phi) is 4.88. The molecule has 0 aliphatic carbocycles. The van der Waals surface area contributed by atoms with E-state index in [-0.39, 0.29) is 12.5 Å². The molecule has 3 heterocycles. The number of carbonyl (C=O) groups excluding carboxylic acids is 1. The Morgan fingerprint density at radius 2 is 1.87 bits per heavy atom. The maximum atomic E-state index is 13.1. The number of esters is 1. The molecule has 0 unspecified atom stereocenters. The lowest BCUT2D eigenvalue weighted by molar-refractivity contribution is 0.0526. The number of hydrogen-bond acceptors (Lipinski definition) is 5. The van der Waals surface area contributed by atoms with Crippen LogP contribution in [0.2, 0.25) is 0 Å². The minimum absolute atomic E-state index is 0.143. The molecule has 0 N–H and O–H groups in total. The van der Waals surface area contributed by atoms with E-state index >= 15 is 0 Å². The SMILES string of the molecule is C=C(C)Cn1c(=O)c2c(nc3n(-c4ccc(C(=O)OCC)cc4)c(C)cn23)n(C)c1=O.